The zero-order valence-electron chi connectivity index (χ0n) is 26.9. The van der Waals surface area contributed by atoms with Crippen molar-refractivity contribution in [1.82, 2.24) is 24.8 Å². The first-order chi connectivity index (χ1) is 20.4. The van der Waals surface area contributed by atoms with E-state index in [1.165, 1.54) is 10.7 Å². The van der Waals surface area contributed by atoms with E-state index in [0.717, 1.165) is 12.8 Å². The number of aliphatic hydroxyl groups excluding tert-OH is 1. The molecule has 10 nitrogen and oxygen atoms in total. The van der Waals surface area contributed by atoms with Crippen LogP contribution in [0.25, 0.3) is 5.69 Å². The quantitative estimate of drug-likeness (QED) is 0.311. The number of hydrogen-bond donors (Lipinski definition) is 1. The number of piperidine rings is 1. The SMILES string of the molecule is CCCC(O)[C@@H]1C[C@H](N(CC(C)C)C(=O)c2nnn(-c3ccccc3F)c2CCCCOC)CN(C(=O)OC(C)(C)C)C1. The standard InChI is InChI=1S/C32H50FN5O5/c1-8-13-28(39)23-18-24(21-36(20-23)31(41)43-32(4,5)6)37(19-22(2)3)30(40)29-27(16-11-12-17-42-7)38(35-34-29)26-15-10-9-14-25(26)33/h9-10,14-15,22-24,28,39H,8,11-13,16-21H2,1-7H3/t23-,24+,28?/m1/s1. The monoisotopic (exact) mass is 603 g/mol. The van der Waals surface area contributed by atoms with Crippen LogP contribution in [0.3, 0.4) is 0 Å². The van der Waals surface area contributed by atoms with Crippen LogP contribution >= 0.6 is 0 Å². The Hall–Kier alpha value is -3.05. The molecule has 1 aromatic carbocycles. The normalized spacial score (nSPS) is 18.1. The lowest BCUT2D eigenvalue weighted by Crippen LogP contribution is -2.57. The van der Waals surface area contributed by atoms with Gasteiger partial charge in [-0.05, 0) is 70.9 Å². The van der Waals surface area contributed by atoms with Gasteiger partial charge in [0.05, 0.1) is 17.8 Å². The van der Waals surface area contributed by atoms with Gasteiger partial charge in [0.15, 0.2) is 5.69 Å². The van der Waals surface area contributed by atoms with Gasteiger partial charge < -0.3 is 24.4 Å². The van der Waals surface area contributed by atoms with Crippen LogP contribution in [-0.4, -0.2) is 93.0 Å². The molecule has 2 heterocycles. The highest BCUT2D eigenvalue weighted by atomic mass is 19.1. The lowest BCUT2D eigenvalue weighted by atomic mass is 9.86. The summed E-state index contributed by atoms with van der Waals surface area (Å²) in [6.45, 7) is 13.1. The minimum Gasteiger partial charge on any atom is -0.444 e. The zero-order valence-corrected chi connectivity index (χ0v) is 26.9. The maximum atomic E-state index is 14.9. The molecule has 1 aromatic heterocycles. The molecule has 3 atom stereocenters. The molecule has 0 radical (unpaired) electrons. The van der Waals surface area contributed by atoms with E-state index in [-0.39, 0.29) is 41.7 Å². The molecule has 0 aliphatic carbocycles. The number of methoxy groups -OCH3 is 1. The summed E-state index contributed by atoms with van der Waals surface area (Å²) in [5, 5.41) is 19.6. The molecule has 240 valence electrons. The molecule has 1 aliphatic heterocycles. The van der Waals surface area contributed by atoms with Gasteiger partial charge in [-0.3, -0.25) is 4.79 Å². The number of unbranched alkanes of at least 4 members (excludes halogenated alkanes) is 1. The molecule has 1 unspecified atom stereocenters. The Bertz CT molecular complexity index is 1200. The van der Waals surface area contributed by atoms with Crippen LogP contribution in [0.5, 0.6) is 0 Å². The highest BCUT2D eigenvalue weighted by molar-refractivity contribution is 5.93. The van der Waals surface area contributed by atoms with Crippen LogP contribution in [0, 0.1) is 17.7 Å². The predicted octanol–water partition coefficient (Wildman–Crippen LogP) is 5.26. The Morgan fingerprint density at radius 2 is 1.91 bits per heavy atom. The Kier molecular flexibility index (Phi) is 12.5. The Labute approximate surface area is 255 Å². The number of nitrogens with zero attached hydrogens (tertiary/aromatic N) is 5. The third kappa shape index (κ3) is 9.47. The number of likely N-dealkylation sites (tertiary alicyclic amines) is 1. The molecular weight excluding hydrogens is 553 g/mol. The van der Waals surface area contributed by atoms with Crippen molar-refractivity contribution < 1.29 is 28.6 Å². The van der Waals surface area contributed by atoms with Crippen molar-refractivity contribution >= 4 is 12.0 Å². The molecule has 2 aromatic rings. The summed E-state index contributed by atoms with van der Waals surface area (Å²) in [5.41, 5.74) is 0.240. The summed E-state index contributed by atoms with van der Waals surface area (Å²) >= 11 is 0. The fourth-order valence-electron chi connectivity index (χ4n) is 5.60. The van der Waals surface area contributed by atoms with E-state index in [0.29, 0.717) is 51.1 Å². The maximum Gasteiger partial charge on any atom is 0.410 e. The van der Waals surface area contributed by atoms with Crippen molar-refractivity contribution in [3.63, 3.8) is 0 Å². The second kappa shape index (κ2) is 15.6. The number of aromatic nitrogens is 3. The fraction of sp³-hybridized carbons (Fsp3) is 0.688. The van der Waals surface area contributed by atoms with Gasteiger partial charge in [-0.25, -0.2) is 13.9 Å². The van der Waals surface area contributed by atoms with Gasteiger partial charge in [0.2, 0.25) is 0 Å². The van der Waals surface area contributed by atoms with Crippen LogP contribution in [0.15, 0.2) is 24.3 Å². The van der Waals surface area contributed by atoms with Gasteiger partial charge in [0.1, 0.15) is 17.1 Å². The molecule has 1 aliphatic rings. The smallest absolute Gasteiger partial charge is 0.410 e. The van der Waals surface area contributed by atoms with Crippen LogP contribution in [-0.2, 0) is 15.9 Å². The first-order valence-electron chi connectivity index (χ1n) is 15.5. The molecule has 11 heteroatoms. The van der Waals surface area contributed by atoms with Crippen LogP contribution in [0.2, 0.25) is 0 Å². The van der Waals surface area contributed by atoms with Gasteiger partial charge in [-0.1, -0.05) is 44.5 Å². The van der Waals surface area contributed by atoms with Crippen molar-refractivity contribution in [1.29, 1.82) is 0 Å². The minimum absolute atomic E-state index is 0.117. The summed E-state index contributed by atoms with van der Waals surface area (Å²) in [5.74, 6) is -0.891. The number of amides is 2. The molecule has 1 saturated heterocycles. The average Bonchev–Trinajstić information content (AvgIpc) is 3.36. The number of carbonyl (C=O) groups excluding carboxylic acids is 2. The van der Waals surface area contributed by atoms with E-state index in [1.54, 1.807) is 35.1 Å². The molecule has 43 heavy (non-hydrogen) atoms. The second-order valence-corrected chi connectivity index (χ2v) is 12.9. The first kappa shape index (κ1) is 34.4. The number of hydrogen-bond acceptors (Lipinski definition) is 7. The molecule has 0 spiro atoms. The maximum absolute atomic E-state index is 14.9. The van der Waals surface area contributed by atoms with Crippen molar-refractivity contribution in [3.8, 4) is 5.69 Å². The third-order valence-electron chi connectivity index (χ3n) is 7.56. The number of halogens is 1. The number of para-hydroxylation sites is 1. The number of rotatable bonds is 13. The van der Waals surface area contributed by atoms with Crippen molar-refractivity contribution in [2.45, 2.75) is 97.8 Å². The third-order valence-corrected chi connectivity index (χ3v) is 7.56. The molecule has 0 bridgehead atoms. The highest BCUT2D eigenvalue weighted by Gasteiger charge is 2.40. The van der Waals surface area contributed by atoms with Crippen LogP contribution < -0.4 is 0 Å². The van der Waals surface area contributed by atoms with Crippen molar-refractivity contribution in [3.05, 3.63) is 41.5 Å². The zero-order chi connectivity index (χ0) is 31.7. The summed E-state index contributed by atoms with van der Waals surface area (Å²) < 4.78 is 27.2. The molecule has 3 rings (SSSR count). The van der Waals surface area contributed by atoms with E-state index in [2.05, 4.69) is 10.3 Å². The summed E-state index contributed by atoms with van der Waals surface area (Å²) in [7, 11) is 1.64. The fourth-order valence-corrected chi connectivity index (χ4v) is 5.60. The number of ether oxygens (including phenoxy) is 2. The lowest BCUT2D eigenvalue weighted by molar-refractivity contribution is -0.0194. The first-order valence-corrected chi connectivity index (χ1v) is 15.5. The van der Waals surface area contributed by atoms with Crippen molar-refractivity contribution in [2.24, 2.45) is 11.8 Å². The highest BCUT2D eigenvalue weighted by Crippen LogP contribution is 2.29. The summed E-state index contributed by atoms with van der Waals surface area (Å²) in [6, 6.07) is 5.91. The van der Waals surface area contributed by atoms with E-state index in [9.17, 15) is 19.1 Å². The van der Waals surface area contributed by atoms with E-state index < -0.39 is 23.6 Å². The number of aliphatic hydroxyl groups is 1. The van der Waals surface area contributed by atoms with Gasteiger partial charge >= 0.3 is 6.09 Å². The predicted molar refractivity (Wildman–Crippen MR) is 163 cm³/mol. The largest absolute Gasteiger partial charge is 0.444 e. The van der Waals surface area contributed by atoms with Crippen molar-refractivity contribution in [2.75, 3.05) is 33.4 Å². The Morgan fingerprint density at radius 1 is 1.19 bits per heavy atom. The summed E-state index contributed by atoms with van der Waals surface area (Å²) in [4.78, 5) is 31.0. The number of benzene rings is 1. The number of carbonyl (C=O) groups is 2. The van der Waals surface area contributed by atoms with Gasteiger partial charge in [0.25, 0.3) is 5.91 Å². The molecular formula is C32H50FN5O5. The van der Waals surface area contributed by atoms with Gasteiger partial charge in [0, 0.05) is 39.3 Å². The van der Waals surface area contributed by atoms with Crippen LogP contribution in [0.4, 0.5) is 9.18 Å². The van der Waals surface area contributed by atoms with E-state index >= 15 is 0 Å². The second-order valence-electron chi connectivity index (χ2n) is 12.9. The molecule has 0 saturated carbocycles. The van der Waals surface area contributed by atoms with E-state index in [1.807, 2.05) is 41.5 Å². The topological polar surface area (TPSA) is 110 Å². The average molecular weight is 604 g/mol. The van der Waals surface area contributed by atoms with Gasteiger partial charge in [-0.15, -0.1) is 5.10 Å². The molecule has 1 fully saturated rings. The minimum atomic E-state index is -0.683. The molecule has 2 amide bonds. The lowest BCUT2D eigenvalue weighted by Gasteiger charge is -2.44. The summed E-state index contributed by atoms with van der Waals surface area (Å²) in [6.07, 6.45) is 2.75. The van der Waals surface area contributed by atoms with Crippen LogP contribution in [0.1, 0.15) is 89.8 Å². The Balaban J connectivity index is 2.02. The molecule has 1 N–H and O–H groups in total. The Morgan fingerprint density at radius 3 is 2.53 bits per heavy atom. The van der Waals surface area contributed by atoms with Gasteiger partial charge in [-0.2, -0.15) is 0 Å². The van der Waals surface area contributed by atoms with E-state index in [4.69, 9.17) is 9.47 Å².